The van der Waals surface area contributed by atoms with Crippen LogP contribution in [0.1, 0.15) is 34.6 Å². The molecule has 0 N–H and O–H groups in total. The Kier molecular flexibility index (Phi) is 11.0. The van der Waals surface area contributed by atoms with Gasteiger partial charge in [-0.05, 0) is 18.1 Å². The second kappa shape index (κ2) is 11.2. The zero-order valence-corrected chi connectivity index (χ0v) is 18.0. The average Bonchev–Trinajstić information content (AvgIpc) is 2.46. The summed E-state index contributed by atoms with van der Waals surface area (Å²) in [5.41, 5.74) is 0.0178. The van der Waals surface area contributed by atoms with E-state index in [1.807, 2.05) is 12.2 Å². The third-order valence-corrected chi connectivity index (χ3v) is 8.70. The predicted molar refractivity (Wildman–Crippen MR) is 104 cm³/mol. The van der Waals surface area contributed by atoms with Gasteiger partial charge in [-0.15, -0.1) is 0 Å². The van der Waals surface area contributed by atoms with Crippen LogP contribution in [0.25, 0.3) is 0 Å². The predicted octanol–water partition coefficient (Wildman–Crippen LogP) is 4.78. The molecule has 0 fully saturated rings. The van der Waals surface area contributed by atoms with Gasteiger partial charge < -0.3 is 18.6 Å². The number of hydrogen-bond donors (Lipinski definition) is 0. The monoisotopic (exact) mass is 358 g/mol. The SMILES string of the molecule is COCCOCOC/C=C/C=C/C(C)(C)CO[Si](C)(C)C(C)(C)C. The molecule has 0 aromatic heterocycles. The summed E-state index contributed by atoms with van der Waals surface area (Å²) in [4.78, 5) is 0. The molecule has 0 unspecified atom stereocenters. The lowest BCUT2D eigenvalue weighted by Crippen LogP contribution is -2.42. The maximum atomic E-state index is 6.31. The van der Waals surface area contributed by atoms with Crippen molar-refractivity contribution in [2.75, 3.05) is 40.3 Å². The summed E-state index contributed by atoms with van der Waals surface area (Å²) in [6.45, 7) is 18.5. The molecule has 0 bridgehead atoms. The topological polar surface area (TPSA) is 36.9 Å². The molecule has 0 spiro atoms. The van der Waals surface area contributed by atoms with E-state index in [2.05, 4.69) is 59.9 Å². The van der Waals surface area contributed by atoms with E-state index in [0.717, 1.165) is 6.61 Å². The standard InChI is InChI=1S/C19H38O4Si/c1-18(2,3)24(7,8)23-16-19(4,5)12-10-9-11-13-21-17-22-15-14-20-6/h9-12H,13-17H2,1-8H3/b11-9+,12-10+. The van der Waals surface area contributed by atoms with Gasteiger partial charge in [0.1, 0.15) is 6.79 Å². The molecular formula is C19H38O4Si. The molecule has 0 saturated carbocycles. The van der Waals surface area contributed by atoms with Crippen molar-refractivity contribution >= 4 is 8.32 Å². The zero-order valence-electron chi connectivity index (χ0n) is 17.0. The fraction of sp³-hybridized carbons (Fsp3) is 0.789. The first-order valence-corrected chi connectivity index (χ1v) is 11.6. The van der Waals surface area contributed by atoms with Crippen molar-refractivity contribution in [1.82, 2.24) is 0 Å². The lowest BCUT2D eigenvalue weighted by molar-refractivity contribution is -0.0571. The molecule has 0 aromatic rings. The van der Waals surface area contributed by atoms with E-state index in [4.69, 9.17) is 18.6 Å². The maximum Gasteiger partial charge on any atom is 0.192 e. The Morgan fingerprint density at radius 3 is 2.17 bits per heavy atom. The summed E-state index contributed by atoms with van der Waals surface area (Å²) in [6, 6.07) is 0. The molecule has 24 heavy (non-hydrogen) atoms. The van der Waals surface area contributed by atoms with E-state index >= 15 is 0 Å². The van der Waals surface area contributed by atoms with Crippen LogP contribution >= 0.6 is 0 Å². The van der Waals surface area contributed by atoms with Crippen molar-refractivity contribution in [1.29, 1.82) is 0 Å². The van der Waals surface area contributed by atoms with Gasteiger partial charge in [-0.2, -0.15) is 0 Å². The maximum absolute atomic E-state index is 6.31. The number of rotatable bonds is 12. The molecule has 0 aliphatic carbocycles. The summed E-state index contributed by atoms with van der Waals surface area (Å²) >= 11 is 0. The molecule has 0 rings (SSSR count). The summed E-state index contributed by atoms with van der Waals surface area (Å²) in [5.74, 6) is 0. The Bertz CT molecular complexity index is 381. The lowest BCUT2D eigenvalue weighted by atomic mass is 9.94. The fourth-order valence-corrected chi connectivity index (χ4v) is 2.62. The van der Waals surface area contributed by atoms with Crippen molar-refractivity contribution in [3.05, 3.63) is 24.3 Å². The lowest BCUT2D eigenvalue weighted by Gasteiger charge is -2.38. The second-order valence-electron chi connectivity index (χ2n) is 8.21. The Morgan fingerprint density at radius 2 is 1.58 bits per heavy atom. The van der Waals surface area contributed by atoms with Crippen LogP contribution in [0.3, 0.4) is 0 Å². The third-order valence-electron chi connectivity index (χ3n) is 4.22. The molecule has 0 aliphatic heterocycles. The van der Waals surface area contributed by atoms with Gasteiger partial charge in [0, 0.05) is 19.1 Å². The highest BCUT2D eigenvalue weighted by molar-refractivity contribution is 6.74. The molecule has 0 atom stereocenters. The van der Waals surface area contributed by atoms with Crippen molar-refractivity contribution in [3.63, 3.8) is 0 Å². The van der Waals surface area contributed by atoms with Crippen LogP contribution in [0.2, 0.25) is 18.1 Å². The van der Waals surface area contributed by atoms with Gasteiger partial charge in [0.2, 0.25) is 0 Å². The smallest absolute Gasteiger partial charge is 0.192 e. The van der Waals surface area contributed by atoms with E-state index in [9.17, 15) is 0 Å². The largest absolute Gasteiger partial charge is 0.416 e. The van der Waals surface area contributed by atoms with Gasteiger partial charge in [-0.1, -0.05) is 58.9 Å². The fourth-order valence-electron chi connectivity index (χ4n) is 1.46. The van der Waals surface area contributed by atoms with E-state index in [0.29, 0.717) is 26.6 Å². The van der Waals surface area contributed by atoms with Crippen molar-refractivity contribution < 1.29 is 18.6 Å². The van der Waals surface area contributed by atoms with Crippen LogP contribution in [0.4, 0.5) is 0 Å². The molecule has 0 saturated heterocycles. The summed E-state index contributed by atoms with van der Waals surface area (Å²) < 4.78 is 21.7. The van der Waals surface area contributed by atoms with Crippen LogP contribution in [-0.2, 0) is 18.6 Å². The van der Waals surface area contributed by atoms with Crippen LogP contribution in [0, 0.1) is 5.41 Å². The highest BCUT2D eigenvalue weighted by Gasteiger charge is 2.38. The van der Waals surface area contributed by atoms with Gasteiger partial charge in [-0.25, -0.2) is 0 Å². The van der Waals surface area contributed by atoms with Gasteiger partial charge >= 0.3 is 0 Å². The first-order chi connectivity index (χ1) is 11.0. The molecule has 5 heteroatoms. The Morgan fingerprint density at radius 1 is 0.917 bits per heavy atom. The Balaban J connectivity index is 4.04. The second-order valence-corrected chi connectivity index (χ2v) is 13.0. The summed E-state index contributed by atoms with van der Waals surface area (Å²) in [5, 5.41) is 0.245. The van der Waals surface area contributed by atoms with E-state index in [-0.39, 0.29) is 10.5 Å². The number of methoxy groups -OCH3 is 1. The van der Waals surface area contributed by atoms with Crippen molar-refractivity contribution in [2.45, 2.75) is 52.8 Å². The van der Waals surface area contributed by atoms with E-state index in [1.165, 1.54) is 0 Å². The number of ether oxygens (including phenoxy) is 3. The van der Waals surface area contributed by atoms with Gasteiger partial charge in [0.25, 0.3) is 0 Å². The average molecular weight is 359 g/mol. The minimum Gasteiger partial charge on any atom is -0.416 e. The van der Waals surface area contributed by atoms with Gasteiger partial charge in [0.05, 0.1) is 19.8 Å². The first-order valence-electron chi connectivity index (χ1n) is 8.64. The minimum atomic E-state index is -1.69. The quantitative estimate of drug-likeness (QED) is 0.218. The van der Waals surface area contributed by atoms with Crippen molar-refractivity contribution in [3.8, 4) is 0 Å². The molecule has 142 valence electrons. The van der Waals surface area contributed by atoms with Gasteiger partial charge in [-0.3, -0.25) is 0 Å². The van der Waals surface area contributed by atoms with E-state index in [1.54, 1.807) is 7.11 Å². The van der Waals surface area contributed by atoms with Crippen LogP contribution < -0.4 is 0 Å². The Labute approximate surface area is 150 Å². The molecule has 0 aromatic carbocycles. The van der Waals surface area contributed by atoms with Gasteiger partial charge in [0.15, 0.2) is 8.32 Å². The molecule has 4 nitrogen and oxygen atoms in total. The number of hydrogen-bond acceptors (Lipinski definition) is 4. The minimum absolute atomic E-state index is 0.0178. The van der Waals surface area contributed by atoms with Crippen LogP contribution in [-0.4, -0.2) is 48.6 Å². The van der Waals surface area contributed by atoms with E-state index < -0.39 is 8.32 Å². The van der Waals surface area contributed by atoms with Crippen LogP contribution in [0.15, 0.2) is 24.3 Å². The molecule has 0 amide bonds. The highest BCUT2D eigenvalue weighted by atomic mass is 28.4. The summed E-state index contributed by atoms with van der Waals surface area (Å²) in [7, 11) is -0.0377. The van der Waals surface area contributed by atoms with Crippen LogP contribution in [0.5, 0.6) is 0 Å². The summed E-state index contributed by atoms with van der Waals surface area (Å²) in [6.07, 6.45) is 8.22. The number of allylic oxidation sites excluding steroid dienone is 2. The normalized spacial score (nSPS) is 14.2. The first kappa shape index (κ1) is 23.5. The third kappa shape index (κ3) is 11.2. The zero-order chi connectivity index (χ0) is 18.7. The molecule has 0 heterocycles. The molecular weight excluding hydrogens is 320 g/mol. The molecule has 0 radical (unpaired) electrons. The molecule has 0 aliphatic rings. The Hall–Kier alpha value is -0.463. The van der Waals surface area contributed by atoms with Crippen molar-refractivity contribution in [2.24, 2.45) is 5.41 Å². The highest BCUT2D eigenvalue weighted by Crippen LogP contribution is 2.37.